The summed E-state index contributed by atoms with van der Waals surface area (Å²) >= 11 is 36.2. The van der Waals surface area contributed by atoms with Gasteiger partial charge in [-0.3, -0.25) is 0 Å². The summed E-state index contributed by atoms with van der Waals surface area (Å²) in [5.41, 5.74) is -0.0635. The molecule has 1 aromatic heterocycles. The van der Waals surface area contributed by atoms with Crippen LogP contribution in [0.25, 0.3) is 5.03 Å². The molecule has 1 aromatic rings. The third kappa shape index (κ3) is 1.98. The lowest BCUT2D eigenvalue weighted by Gasteiger charge is -2.30. The van der Waals surface area contributed by atoms with E-state index in [9.17, 15) is 8.63 Å². The van der Waals surface area contributed by atoms with Crippen molar-refractivity contribution < 1.29 is 13.1 Å². The number of fused-ring (bicyclic) bond motifs is 2. The van der Waals surface area contributed by atoms with Crippen LogP contribution in [0.15, 0.2) is 19.7 Å². The van der Waals surface area contributed by atoms with Crippen molar-refractivity contribution in [3.05, 3.63) is 35.6 Å². The van der Waals surface area contributed by atoms with Crippen molar-refractivity contribution in [3.63, 3.8) is 0 Å². The molecule has 2 aliphatic rings. The van der Waals surface area contributed by atoms with Gasteiger partial charge in [0.25, 0.3) is 0 Å². The van der Waals surface area contributed by atoms with Gasteiger partial charge in [0.15, 0.2) is 5.70 Å². The first-order valence-electron chi connectivity index (χ1n) is 5.17. The van der Waals surface area contributed by atoms with E-state index in [1.165, 1.54) is 0 Å². The number of nitrogens with zero attached hydrogens (tertiary/aromatic N) is 2. The van der Waals surface area contributed by atoms with E-state index in [-0.39, 0.29) is 45.8 Å². The third-order valence-corrected chi connectivity index (χ3v) is 7.14. The summed E-state index contributed by atoms with van der Waals surface area (Å²) in [7, 11) is 0. The molecule has 0 N–H and O–H groups in total. The Morgan fingerprint density at radius 3 is 2.14 bits per heavy atom. The molecule has 12 heteroatoms. The molecule has 112 valence electrons. The Bertz CT molecular complexity index is 814. The van der Waals surface area contributed by atoms with Gasteiger partial charge in [-0.05, 0) is 43.5 Å². The van der Waals surface area contributed by atoms with Crippen LogP contribution < -0.4 is 0 Å². The molecular weight excluding hydrogens is 522 g/mol. The number of allylic oxidation sites excluding steroid dienone is 2. The minimum atomic E-state index is -4.41. The van der Waals surface area contributed by atoms with Crippen LogP contribution in [-0.4, -0.2) is 21.1 Å². The topological polar surface area (TPSA) is 7.94 Å². The van der Waals surface area contributed by atoms with E-state index >= 15 is 0 Å². The highest BCUT2D eigenvalue weighted by atomic mass is 79.9. The predicted molar refractivity (Wildman–Crippen MR) is 91.2 cm³/mol. The number of aromatic nitrogens is 1. The summed E-state index contributed by atoms with van der Waals surface area (Å²) in [5.74, 6) is 0. The molecule has 0 bridgehead atoms. The van der Waals surface area contributed by atoms with Crippen molar-refractivity contribution in [2.75, 3.05) is 0 Å². The molecule has 3 rings (SSSR count). The number of hydrogen-bond donors (Lipinski definition) is 0. The second kappa shape index (κ2) is 5.13. The lowest BCUT2D eigenvalue weighted by Crippen LogP contribution is -2.50. The van der Waals surface area contributed by atoms with E-state index in [0.29, 0.717) is 8.96 Å². The summed E-state index contributed by atoms with van der Waals surface area (Å²) < 4.78 is 31.2. The average Bonchev–Trinajstić information content (AvgIpc) is 2.78. The monoisotopic (exact) mass is 518 g/mol. The van der Waals surface area contributed by atoms with Crippen molar-refractivity contribution in [2.24, 2.45) is 0 Å². The number of rotatable bonds is 0. The van der Waals surface area contributed by atoms with E-state index in [1.54, 1.807) is 0 Å². The Morgan fingerprint density at radius 2 is 1.57 bits per heavy atom. The molecule has 2 aliphatic heterocycles. The lowest BCUT2D eigenvalue weighted by molar-refractivity contribution is -0.359. The first-order valence-corrected chi connectivity index (χ1v) is 8.65. The van der Waals surface area contributed by atoms with Crippen LogP contribution in [0, 0.1) is 0 Å². The van der Waals surface area contributed by atoms with Crippen LogP contribution in [0.3, 0.4) is 0 Å². The summed E-state index contributed by atoms with van der Waals surface area (Å²) in [6.07, 6.45) is 0. The molecule has 0 saturated carbocycles. The summed E-state index contributed by atoms with van der Waals surface area (Å²) in [4.78, 5) is 0. The van der Waals surface area contributed by atoms with Crippen LogP contribution in [-0.2, 0) is 0 Å². The van der Waals surface area contributed by atoms with E-state index in [2.05, 4.69) is 31.9 Å². The Labute approximate surface area is 159 Å². The Hall–Kier alpha value is 0.765. The fourth-order valence-corrected chi connectivity index (χ4v) is 5.16. The van der Waals surface area contributed by atoms with Gasteiger partial charge in [0, 0.05) is 0 Å². The minimum absolute atomic E-state index is 0.0100. The summed E-state index contributed by atoms with van der Waals surface area (Å²) in [6, 6.07) is 0. The van der Waals surface area contributed by atoms with Crippen LogP contribution in [0.4, 0.5) is 8.63 Å². The van der Waals surface area contributed by atoms with Gasteiger partial charge >= 0.3 is 6.97 Å². The maximum atomic E-state index is 14.9. The van der Waals surface area contributed by atoms with Gasteiger partial charge in [0.1, 0.15) is 14.5 Å². The molecule has 0 atom stereocenters. The summed E-state index contributed by atoms with van der Waals surface area (Å²) in [5, 5.41) is -0.816. The van der Waals surface area contributed by atoms with Crippen LogP contribution >= 0.6 is 89.9 Å². The Balaban J connectivity index is 2.52. The molecule has 3 heterocycles. The van der Waals surface area contributed by atoms with Gasteiger partial charge in [-0.2, -0.15) is 0 Å². The van der Waals surface area contributed by atoms with E-state index in [0.717, 1.165) is 0 Å². The van der Waals surface area contributed by atoms with Gasteiger partial charge in [0.2, 0.25) is 5.17 Å². The molecule has 2 nitrogen and oxygen atoms in total. The number of halogens is 9. The first-order chi connectivity index (χ1) is 9.62. The Kier molecular flexibility index (Phi) is 4.06. The maximum absolute atomic E-state index is 14.9. The quantitative estimate of drug-likeness (QED) is 0.359. The van der Waals surface area contributed by atoms with Crippen molar-refractivity contribution >= 4 is 107 Å². The standard InChI is InChI=1S/C9BBr2Cl5F2N2/c11-1-3(13)8(16)20-6(1)5(15)7-2(12)4(14)9(17)21(7)10(20,18)19. The van der Waals surface area contributed by atoms with Crippen LogP contribution in [0.5, 0.6) is 0 Å². The van der Waals surface area contributed by atoms with E-state index in [4.69, 9.17) is 58.0 Å². The smallest absolute Gasteiger partial charge is 0.389 e. The van der Waals surface area contributed by atoms with Crippen LogP contribution in [0.2, 0.25) is 10.2 Å². The normalized spacial score (nSPS) is 20.4. The molecule has 0 amide bonds. The van der Waals surface area contributed by atoms with E-state index in [1.807, 2.05) is 0 Å². The zero-order chi connectivity index (χ0) is 15.9. The largest absolute Gasteiger partial charge is 0.739 e. The maximum Gasteiger partial charge on any atom is 0.739 e. The highest BCUT2D eigenvalue weighted by molar-refractivity contribution is 9.12. The first kappa shape index (κ1) is 16.6. The molecule has 0 aromatic carbocycles. The Morgan fingerprint density at radius 1 is 1.00 bits per heavy atom. The average molecular weight is 522 g/mol. The molecule has 21 heavy (non-hydrogen) atoms. The van der Waals surface area contributed by atoms with Gasteiger partial charge in [-0.25, -0.2) is 0 Å². The third-order valence-electron chi connectivity index (χ3n) is 3.11. The van der Waals surface area contributed by atoms with Crippen molar-refractivity contribution in [2.45, 2.75) is 0 Å². The zero-order valence-corrected chi connectivity index (χ0v) is 16.3. The fraction of sp³-hybridized carbons (Fsp3) is 0. The van der Waals surface area contributed by atoms with Crippen molar-refractivity contribution in [1.82, 2.24) is 4.48 Å². The van der Waals surface area contributed by atoms with Crippen molar-refractivity contribution in [1.29, 1.82) is 0 Å². The summed E-state index contributed by atoms with van der Waals surface area (Å²) in [6.45, 7) is -4.41. The van der Waals surface area contributed by atoms with Gasteiger partial charge in [-0.15, -0.1) is 0 Å². The molecule has 0 spiro atoms. The van der Waals surface area contributed by atoms with Crippen molar-refractivity contribution in [3.8, 4) is 0 Å². The molecule has 0 saturated heterocycles. The fourth-order valence-electron chi connectivity index (χ4n) is 2.22. The van der Waals surface area contributed by atoms with Crippen LogP contribution in [0.1, 0.15) is 5.69 Å². The van der Waals surface area contributed by atoms with Gasteiger partial charge < -0.3 is 17.6 Å². The second-order valence-corrected chi connectivity index (χ2v) is 7.61. The van der Waals surface area contributed by atoms with E-state index < -0.39 is 6.97 Å². The predicted octanol–water partition coefficient (Wildman–Crippen LogP) is 6.21. The molecule has 0 aliphatic carbocycles. The second-order valence-electron chi connectivity index (χ2n) is 4.18. The SMILES string of the molecule is F[B-]1(F)n2c(Cl)c(Cl)c(Br)c2C(Cl)=C2C(Br)=C(Cl)C(Cl)=[N+]21. The highest BCUT2D eigenvalue weighted by Gasteiger charge is 2.58. The highest BCUT2D eigenvalue weighted by Crippen LogP contribution is 2.51. The molecular formula is C9BBr2Cl5F2N2. The number of hydrogen-bond acceptors (Lipinski definition) is 0. The van der Waals surface area contributed by atoms with Gasteiger partial charge in [0.05, 0.1) is 20.3 Å². The molecule has 0 unspecified atom stereocenters. The minimum Gasteiger partial charge on any atom is -0.389 e. The zero-order valence-electron chi connectivity index (χ0n) is 9.37. The molecule has 0 fully saturated rings. The molecule has 0 radical (unpaired) electrons. The van der Waals surface area contributed by atoms with Gasteiger partial charge in [-0.1, -0.05) is 46.4 Å². The lowest BCUT2D eigenvalue weighted by atomic mass is 9.92.